The number of hydrogen-bond acceptors (Lipinski definition) is 3. The molecule has 1 amide bonds. The van der Waals surface area contributed by atoms with Crippen LogP contribution < -0.4 is 4.90 Å². The number of rotatable bonds is 3. The molecule has 0 saturated carbocycles. The molecule has 0 spiro atoms. The van der Waals surface area contributed by atoms with Gasteiger partial charge in [-0.15, -0.1) is 11.3 Å². The third-order valence-electron chi connectivity index (χ3n) is 2.84. The standard InChI is InChI=1S/C12H15NO2S/c1-2-9(14)8-13-10-6-7-16-11(10)4-3-5-12(13)15/h6-7H,2-5,8H2,1H3. The van der Waals surface area contributed by atoms with Crippen LogP contribution in [0.2, 0.25) is 0 Å². The molecular formula is C12H15NO2S. The van der Waals surface area contributed by atoms with E-state index in [0.717, 1.165) is 18.5 Å². The first kappa shape index (κ1) is 11.3. The Morgan fingerprint density at radius 1 is 1.50 bits per heavy atom. The van der Waals surface area contributed by atoms with Gasteiger partial charge < -0.3 is 4.90 Å². The molecule has 0 N–H and O–H groups in total. The van der Waals surface area contributed by atoms with Crippen molar-refractivity contribution in [2.75, 3.05) is 11.4 Å². The molecule has 0 aliphatic carbocycles. The summed E-state index contributed by atoms with van der Waals surface area (Å²) >= 11 is 1.67. The van der Waals surface area contributed by atoms with E-state index in [0.29, 0.717) is 12.8 Å². The van der Waals surface area contributed by atoms with Crippen molar-refractivity contribution in [2.45, 2.75) is 32.6 Å². The summed E-state index contributed by atoms with van der Waals surface area (Å²) in [5.41, 5.74) is 0.953. The van der Waals surface area contributed by atoms with Gasteiger partial charge in [-0.3, -0.25) is 9.59 Å². The van der Waals surface area contributed by atoms with Crippen molar-refractivity contribution in [2.24, 2.45) is 0 Å². The molecule has 2 heterocycles. The van der Waals surface area contributed by atoms with Crippen LogP contribution >= 0.6 is 11.3 Å². The van der Waals surface area contributed by atoms with E-state index < -0.39 is 0 Å². The number of aryl methyl sites for hydroxylation is 1. The molecule has 2 rings (SSSR count). The van der Waals surface area contributed by atoms with Crippen LogP contribution in [0.3, 0.4) is 0 Å². The summed E-state index contributed by atoms with van der Waals surface area (Å²) in [5.74, 6) is 0.200. The Bertz CT molecular complexity index is 411. The van der Waals surface area contributed by atoms with Crippen LogP contribution in [-0.2, 0) is 16.0 Å². The predicted molar refractivity (Wildman–Crippen MR) is 64.9 cm³/mol. The first-order chi connectivity index (χ1) is 7.72. The summed E-state index contributed by atoms with van der Waals surface area (Å²) in [6.07, 6.45) is 2.89. The lowest BCUT2D eigenvalue weighted by atomic mass is 10.2. The van der Waals surface area contributed by atoms with Crippen molar-refractivity contribution >= 4 is 28.7 Å². The highest BCUT2D eigenvalue weighted by Crippen LogP contribution is 2.31. The van der Waals surface area contributed by atoms with Gasteiger partial charge in [0.25, 0.3) is 0 Å². The molecule has 0 fully saturated rings. The fourth-order valence-corrected chi connectivity index (χ4v) is 2.81. The van der Waals surface area contributed by atoms with E-state index in [1.54, 1.807) is 16.2 Å². The molecule has 4 heteroatoms. The van der Waals surface area contributed by atoms with Gasteiger partial charge in [0.05, 0.1) is 12.2 Å². The van der Waals surface area contributed by atoms with Crippen molar-refractivity contribution in [3.8, 4) is 0 Å². The molecule has 16 heavy (non-hydrogen) atoms. The van der Waals surface area contributed by atoms with E-state index in [1.165, 1.54) is 4.88 Å². The molecule has 1 aromatic rings. The summed E-state index contributed by atoms with van der Waals surface area (Å²) in [7, 11) is 0. The monoisotopic (exact) mass is 237 g/mol. The molecule has 0 aromatic carbocycles. The lowest BCUT2D eigenvalue weighted by Gasteiger charge is -2.19. The molecular weight excluding hydrogens is 222 g/mol. The molecule has 1 aromatic heterocycles. The van der Waals surface area contributed by atoms with Gasteiger partial charge in [-0.2, -0.15) is 0 Å². The van der Waals surface area contributed by atoms with Gasteiger partial charge in [0, 0.05) is 17.7 Å². The summed E-state index contributed by atoms with van der Waals surface area (Å²) in [4.78, 5) is 26.3. The predicted octanol–water partition coefficient (Wildman–Crippen LogP) is 2.40. The van der Waals surface area contributed by atoms with Gasteiger partial charge in [-0.05, 0) is 24.3 Å². The summed E-state index contributed by atoms with van der Waals surface area (Å²) in [5, 5.41) is 1.99. The second-order valence-electron chi connectivity index (χ2n) is 3.95. The second kappa shape index (κ2) is 4.78. The lowest BCUT2D eigenvalue weighted by Crippen LogP contribution is -2.34. The maximum atomic E-state index is 11.9. The smallest absolute Gasteiger partial charge is 0.227 e. The Morgan fingerprint density at radius 3 is 3.06 bits per heavy atom. The third kappa shape index (κ3) is 2.16. The van der Waals surface area contributed by atoms with Crippen molar-refractivity contribution in [1.82, 2.24) is 0 Å². The van der Waals surface area contributed by atoms with Crippen LogP contribution in [0, 0.1) is 0 Å². The van der Waals surface area contributed by atoms with Gasteiger partial charge in [0.2, 0.25) is 5.91 Å². The largest absolute Gasteiger partial charge is 0.304 e. The minimum Gasteiger partial charge on any atom is -0.304 e. The fraction of sp³-hybridized carbons (Fsp3) is 0.500. The van der Waals surface area contributed by atoms with E-state index in [1.807, 2.05) is 18.4 Å². The highest BCUT2D eigenvalue weighted by molar-refractivity contribution is 7.10. The van der Waals surface area contributed by atoms with Crippen LogP contribution in [0.4, 0.5) is 5.69 Å². The number of ketones is 1. The van der Waals surface area contributed by atoms with Crippen LogP contribution in [0.1, 0.15) is 31.1 Å². The number of nitrogens with zero attached hydrogens (tertiary/aromatic N) is 1. The maximum absolute atomic E-state index is 11.9. The Labute approximate surface area is 99.1 Å². The first-order valence-electron chi connectivity index (χ1n) is 5.60. The van der Waals surface area contributed by atoms with Gasteiger partial charge in [-0.1, -0.05) is 6.92 Å². The molecule has 0 bridgehead atoms. The zero-order valence-corrected chi connectivity index (χ0v) is 10.2. The average molecular weight is 237 g/mol. The van der Waals surface area contributed by atoms with Gasteiger partial charge >= 0.3 is 0 Å². The number of Topliss-reactive ketones (excluding diaryl/α,β-unsaturated/α-hetero) is 1. The molecule has 0 atom stereocenters. The van der Waals surface area contributed by atoms with Crippen LogP contribution in [-0.4, -0.2) is 18.2 Å². The van der Waals surface area contributed by atoms with E-state index >= 15 is 0 Å². The Balaban J connectivity index is 2.27. The minimum absolute atomic E-state index is 0.0824. The third-order valence-corrected chi connectivity index (χ3v) is 3.81. The zero-order chi connectivity index (χ0) is 11.5. The Morgan fingerprint density at radius 2 is 2.31 bits per heavy atom. The van der Waals surface area contributed by atoms with Gasteiger partial charge in [0.1, 0.15) is 0 Å². The molecule has 3 nitrogen and oxygen atoms in total. The van der Waals surface area contributed by atoms with Crippen LogP contribution in [0.5, 0.6) is 0 Å². The highest BCUT2D eigenvalue weighted by Gasteiger charge is 2.24. The van der Waals surface area contributed by atoms with E-state index in [2.05, 4.69) is 0 Å². The van der Waals surface area contributed by atoms with Crippen molar-refractivity contribution < 1.29 is 9.59 Å². The Hall–Kier alpha value is -1.16. The summed E-state index contributed by atoms with van der Waals surface area (Å²) in [6, 6.07) is 1.95. The highest BCUT2D eigenvalue weighted by atomic mass is 32.1. The topological polar surface area (TPSA) is 37.4 Å². The molecule has 0 saturated heterocycles. The van der Waals surface area contributed by atoms with Crippen LogP contribution in [0.15, 0.2) is 11.4 Å². The average Bonchev–Trinajstić information content (AvgIpc) is 2.68. The van der Waals surface area contributed by atoms with E-state index in [-0.39, 0.29) is 18.2 Å². The molecule has 1 aliphatic heterocycles. The summed E-state index contributed by atoms with van der Waals surface area (Å²) in [6.45, 7) is 2.07. The molecule has 1 aliphatic rings. The minimum atomic E-state index is 0.0824. The SMILES string of the molecule is CCC(=O)CN1C(=O)CCCc2sccc21. The molecule has 0 radical (unpaired) electrons. The van der Waals surface area contributed by atoms with E-state index in [9.17, 15) is 9.59 Å². The number of carbonyl (C=O) groups excluding carboxylic acids is 2. The van der Waals surface area contributed by atoms with Gasteiger partial charge in [-0.25, -0.2) is 0 Å². The van der Waals surface area contributed by atoms with Crippen molar-refractivity contribution in [3.63, 3.8) is 0 Å². The molecule has 0 unspecified atom stereocenters. The second-order valence-corrected chi connectivity index (χ2v) is 4.96. The quantitative estimate of drug-likeness (QED) is 0.809. The normalized spacial score (nSPS) is 15.8. The number of fused-ring (bicyclic) bond motifs is 1. The maximum Gasteiger partial charge on any atom is 0.227 e. The lowest BCUT2D eigenvalue weighted by molar-refractivity contribution is -0.122. The number of hydrogen-bond donors (Lipinski definition) is 0. The van der Waals surface area contributed by atoms with Gasteiger partial charge in [0.15, 0.2) is 5.78 Å². The zero-order valence-electron chi connectivity index (χ0n) is 9.36. The number of thiophene rings is 1. The summed E-state index contributed by atoms with van der Waals surface area (Å²) < 4.78 is 0. The van der Waals surface area contributed by atoms with Crippen LogP contribution in [0.25, 0.3) is 0 Å². The van der Waals surface area contributed by atoms with Crippen molar-refractivity contribution in [1.29, 1.82) is 0 Å². The van der Waals surface area contributed by atoms with E-state index in [4.69, 9.17) is 0 Å². The van der Waals surface area contributed by atoms with Crippen molar-refractivity contribution in [3.05, 3.63) is 16.3 Å². The number of amides is 1. The number of anilines is 1. The Kier molecular flexibility index (Phi) is 3.39. The first-order valence-corrected chi connectivity index (χ1v) is 6.48. The number of carbonyl (C=O) groups is 2. The fourth-order valence-electron chi connectivity index (χ4n) is 1.89. The molecule has 86 valence electrons.